The van der Waals surface area contributed by atoms with E-state index in [1.54, 1.807) is 0 Å². The number of nitrogens with zero attached hydrogens (tertiary/aromatic N) is 2. The lowest BCUT2D eigenvalue weighted by Crippen LogP contribution is -2.44. The molecule has 2 aliphatic rings. The van der Waals surface area contributed by atoms with E-state index >= 15 is 0 Å². The van der Waals surface area contributed by atoms with E-state index in [4.69, 9.17) is 4.74 Å². The molecule has 168 valence electrons. The van der Waals surface area contributed by atoms with Crippen molar-refractivity contribution >= 4 is 15.7 Å². The molecule has 0 aromatic heterocycles. The van der Waals surface area contributed by atoms with Gasteiger partial charge in [0.25, 0.3) is 0 Å². The molecule has 9 heteroatoms. The Morgan fingerprint density at radius 2 is 1.87 bits per heavy atom. The van der Waals surface area contributed by atoms with Gasteiger partial charge in [0, 0.05) is 45.0 Å². The van der Waals surface area contributed by atoms with Gasteiger partial charge in [0.1, 0.15) is 16.5 Å². The van der Waals surface area contributed by atoms with Crippen molar-refractivity contribution in [2.45, 2.75) is 23.8 Å². The van der Waals surface area contributed by atoms with Crippen LogP contribution in [0.4, 0.5) is 14.5 Å². The number of benzene rings is 2. The van der Waals surface area contributed by atoms with Gasteiger partial charge in [-0.05, 0) is 48.2 Å². The van der Waals surface area contributed by atoms with E-state index in [0.717, 1.165) is 37.1 Å². The Kier molecular flexibility index (Phi) is 6.57. The normalized spacial score (nSPS) is 18.6. The summed E-state index contributed by atoms with van der Waals surface area (Å²) in [6, 6.07) is 8.43. The highest BCUT2D eigenvalue weighted by atomic mass is 32.2. The second kappa shape index (κ2) is 9.20. The predicted octanol–water partition coefficient (Wildman–Crippen LogP) is 2.70. The Labute approximate surface area is 181 Å². The van der Waals surface area contributed by atoms with E-state index in [-0.39, 0.29) is 12.6 Å². The van der Waals surface area contributed by atoms with Gasteiger partial charge in [0.05, 0.1) is 13.2 Å². The van der Waals surface area contributed by atoms with Crippen molar-refractivity contribution in [1.82, 2.24) is 9.62 Å². The minimum atomic E-state index is -4.21. The van der Waals surface area contributed by atoms with Crippen LogP contribution < -0.4 is 9.62 Å². The first-order chi connectivity index (χ1) is 14.8. The quantitative estimate of drug-likeness (QED) is 0.732. The smallest absolute Gasteiger partial charge is 0.243 e. The Hall–Kier alpha value is -2.07. The molecule has 0 bridgehead atoms. The number of morpholine rings is 1. The Morgan fingerprint density at radius 3 is 2.65 bits per heavy atom. The van der Waals surface area contributed by atoms with Crippen LogP contribution in [0.5, 0.6) is 0 Å². The summed E-state index contributed by atoms with van der Waals surface area (Å²) >= 11 is 0. The lowest BCUT2D eigenvalue weighted by molar-refractivity contribution is 0.0172. The summed E-state index contributed by atoms with van der Waals surface area (Å²) in [5.41, 5.74) is 3.43. The van der Waals surface area contributed by atoms with Gasteiger partial charge in [0.15, 0.2) is 0 Å². The first kappa shape index (κ1) is 22.1. The summed E-state index contributed by atoms with van der Waals surface area (Å²) in [5.74, 6) is -1.78. The number of aryl methyl sites for hydroxylation is 1. The summed E-state index contributed by atoms with van der Waals surface area (Å²) in [4.78, 5) is 3.71. The monoisotopic (exact) mass is 451 g/mol. The van der Waals surface area contributed by atoms with Gasteiger partial charge in [-0.1, -0.05) is 12.1 Å². The van der Waals surface area contributed by atoms with Gasteiger partial charge in [0.2, 0.25) is 10.0 Å². The van der Waals surface area contributed by atoms with Crippen molar-refractivity contribution in [1.29, 1.82) is 0 Å². The standard InChI is InChI=1S/C22H27F2N3O3S/c1-26-8-2-3-16-13-17(4-7-20(16)26)21(27-9-11-30-12-10-27)15-25-31(28,29)22-14-18(23)5-6-19(22)24/h4-7,13-14,21,25H,2-3,8-12,15H2,1H3/t21-/m0/s1. The Morgan fingerprint density at radius 1 is 1.10 bits per heavy atom. The molecule has 1 N–H and O–H groups in total. The average Bonchev–Trinajstić information content (AvgIpc) is 2.76. The lowest BCUT2D eigenvalue weighted by atomic mass is 9.96. The topological polar surface area (TPSA) is 61.9 Å². The second-order valence-electron chi connectivity index (χ2n) is 8.00. The molecule has 0 radical (unpaired) electrons. The molecular formula is C22H27F2N3O3S. The van der Waals surface area contributed by atoms with Gasteiger partial charge in [-0.15, -0.1) is 0 Å². The van der Waals surface area contributed by atoms with Crippen molar-refractivity contribution < 1.29 is 21.9 Å². The number of halogens is 2. The zero-order valence-electron chi connectivity index (χ0n) is 17.5. The number of sulfonamides is 1. The molecule has 2 aromatic carbocycles. The zero-order valence-corrected chi connectivity index (χ0v) is 18.3. The van der Waals surface area contributed by atoms with Crippen LogP contribution in [0.2, 0.25) is 0 Å². The molecule has 31 heavy (non-hydrogen) atoms. The first-order valence-electron chi connectivity index (χ1n) is 10.5. The van der Waals surface area contributed by atoms with Crippen LogP contribution in [-0.2, 0) is 21.2 Å². The number of hydrogen-bond donors (Lipinski definition) is 1. The first-order valence-corrected chi connectivity index (χ1v) is 11.9. The molecule has 0 saturated carbocycles. The fourth-order valence-electron chi connectivity index (χ4n) is 4.31. The molecule has 1 fully saturated rings. The fourth-order valence-corrected chi connectivity index (χ4v) is 5.43. The number of hydrogen-bond acceptors (Lipinski definition) is 5. The molecule has 0 unspecified atom stereocenters. The van der Waals surface area contributed by atoms with Crippen LogP contribution in [0, 0.1) is 11.6 Å². The maximum absolute atomic E-state index is 14.1. The van der Waals surface area contributed by atoms with E-state index in [1.165, 1.54) is 11.3 Å². The summed E-state index contributed by atoms with van der Waals surface area (Å²) in [5, 5.41) is 0. The van der Waals surface area contributed by atoms with Crippen LogP contribution >= 0.6 is 0 Å². The van der Waals surface area contributed by atoms with Crippen molar-refractivity contribution in [3.63, 3.8) is 0 Å². The molecule has 1 saturated heterocycles. The summed E-state index contributed by atoms with van der Waals surface area (Å²) < 4.78 is 61.0. The van der Waals surface area contributed by atoms with E-state index in [1.807, 2.05) is 6.07 Å². The highest BCUT2D eigenvalue weighted by molar-refractivity contribution is 7.89. The largest absolute Gasteiger partial charge is 0.379 e. The Balaban J connectivity index is 1.61. The molecule has 0 amide bonds. The maximum atomic E-state index is 14.1. The van der Waals surface area contributed by atoms with Gasteiger partial charge in [-0.25, -0.2) is 21.9 Å². The van der Waals surface area contributed by atoms with E-state index in [2.05, 4.69) is 33.7 Å². The highest BCUT2D eigenvalue weighted by Gasteiger charge is 2.27. The van der Waals surface area contributed by atoms with Crippen LogP contribution in [0.1, 0.15) is 23.6 Å². The summed E-state index contributed by atoms with van der Waals surface area (Å²) in [7, 11) is -2.14. The SMILES string of the molecule is CN1CCCc2cc([C@H](CNS(=O)(=O)c3cc(F)ccc3F)N3CCOCC3)ccc21. The highest BCUT2D eigenvalue weighted by Crippen LogP contribution is 2.31. The fraction of sp³-hybridized carbons (Fsp3) is 0.455. The van der Waals surface area contributed by atoms with Crippen LogP contribution in [-0.4, -0.2) is 59.8 Å². The molecule has 2 aromatic rings. The van der Waals surface area contributed by atoms with Crippen LogP contribution in [0.3, 0.4) is 0 Å². The van der Waals surface area contributed by atoms with Crippen LogP contribution in [0.15, 0.2) is 41.3 Å². The molecule has 0 spiro atoms. The number of nitrogens with one attached hydrogen (secondary N) is 1. The van der Waals surface area contributed by atoms with Crippen molar-refractivity contribution in [3.8, 4) is 0 Å². The van der Waals surface area contributed by atoms with E-state index in [9.17, 15) is 17.2 Å². The van der Waals surface area contributed by atoms with Gasteiger partial charge < -0.3 is 9.64 Å². The van der Waals surface area contributed by atoms with Crippen molar-refractivity contribution in [3.05, 3.63) is 59.2 Å². The number of rotatable bonds is 6. The van der Waals surface area contributed by atoms with Gasteiger partial charge in [-0.3, -0.25) is 4.90 Å². The average molecular weight is 452 g/mol. The number of fused-ring (bicyclic) bond motifs is 1. The van der Waals surface area contributed by atoms with E-state index < -0.39 is 26.6 Å². The molecule has 2 aliphatic heterocycles. The molecule has 6 nitrogen and oxygen atoms in total. The molecule has 4 rings (SSSR count). The molecule has 0 aliphatic carbocycles. The van der Waals surface area contributed by atoms with Gasteiger partial charge in [-0.2, -0.15) is 0 Å². The predicted molar refractivity (Wildman–Crippen MR) is 115 cm³/mol. The zero-order chi connectivity index (χ0) is 22.0. The molecule has 2 heterocycles. The Bertz CT molecular complexity index is 1040. The van der Waals surface area contributed by atoms with Crippen molar-refractivity contribution in [2.75, 3.05) is 51.3 Å². The second-order valence-corrected chi connectivity index (χ2v) is 9.74. The lowest BCUT2D eigenvalue weighted by Gasteiger charge is -2.36. The van der Waals surface area contributed by atoms with Gasteiger partial charge >= 0.3 is 0 Å². The summed E-state index contributed by atoms with van der Waals surface area (Å²) in [6.45, 7) is 3.52. The third-order valence-electron chi connectivity index (χ3n) is 5.98. The summed E-state index contributed by atoms with van der Waals surface area (Å²) in [6.07, 6.45) is 2.05. The number of anilines is 1. The third-order valence-corrected chi connectivity index (χ3v) is 7.41. The number of ether oxygens (including phenoxy) is 1. The maximum Gasteiger partial charge on any atom is 0.243 e. The minimum Gasteiger partial charge on any atom is -0.379 e. The van der Waals surface area contributed by atoms with E-state index in [0.29, 0.717) is 32.4 Å². The molecular weight excluding hydrogens is 424 g/mol. The van der Waals surface area contributed by atoms with Crippen LogP contribution in [0.25, 0.3) is 0 Å². The minimum absolute atomic E-state index is 0.0485. The third kappa shape index (κ3) is 4.90. The molecule has 1 atom stereocenters. The van der Waals surface area contributed by atoms with Crippen molar-refractivity contribution in [2.24, 2.45) is 0 Å².